The summed E-state index contributed by atoms with van der Waals surface area (Å²) in [5.41, 5.74) is 0. The van der Waals surface area contributed by atoms with E-state index in [9.17, 15) is 0 Å². The number of aryl methyl sites for hydroxylation is 1. The average Bonchev–Trinajstić information content (AvgIpc) is 2.88. The minimum Gasteiger partial charge on any atom is -0.338 e. The molecule has 2 heterocycles. The smallest absolute Gasteiger partial charge is 0.240 e. The van der Waals surface area contributed by atoms with E-state index in [2.05, 4.69) is 27.3 Å². The number of hydrogen-bond acceptors (Lipinski definition) is 5. The number of nitrogens with zero attached hydrogens (tertiary/aromatic N) is 3. The van der Waals surface area contributed by atoms with Gasteiger partial charge in [-0.3, -0.25) is 4.90 Å². The second-order valence-electron chi connectivity index (χ2n) is 5.34. The zero-order valence-electron chi connectivity index (χ0n) is 12.2. The van der Waals surface area contributed by atoms with Crippen LogP contribution in [0, 0.1) is 0 Å². The summed E-state index contributed by atoms with van der Waals surface area (Å²) in [6.07, 6.45) is 5.93. The van der Waals surface area contributed by atoms with Crippen LogP contribution in [0.4, 0.5) is 0 Å². The van der Waals surface area contributed by atoms with Gasteiger partial charge >= 0.3 is 0 Å². The molecule has 0 radical (unpaired) electrons. The average molecular weight is 266 g/mol. The number of nitrogens with one attached hydrogen (secondary N) is 1. The van der Waals surface area contributed by atoms with Gasteiger partial charge < -0.3 is 9.84 Å². The van der Waals surface area contributed by atoms with Crippen LogP contribution in [0.3, 0.4) is 0 Å². The molecular formula is C14H26N4O. The maximum Gasteiger partial charge on any atom is 0.240 e. The minimum atomic E-state index is 0.619. The summed E-state index contributed by atoms with van der Waals surface area (Å²) in [5, 5.41) is 7.57. The van der Waals surface area contributed by atoms with Crippen molar-refractivity contribution in [1.82, 2.24) is 20.4 Å². The van der Waals surface area contributed by atoms with Crippen molar-refractivity contribution in [2.75, 3.05) is 19.6 Å². The van der Waals surface area contributed by atoms with Gasteiger partial charge in [0.2, 0.25) is 5.89 Å². The molecule has 5 heteroatoms. The molecule has 1 atom stereocenters. The summed E-state index contributed by atoms with van der Waals surface area (Å²) in [7, 11) is 0. The van der Waals surface area contributed by atoms with E-state index < -0.39 is 0 Å². The molecule has 1 aromatic rings. The second-order valence-corrected chi connectivity index (χ2v) is 5.34. The lowest BCUT2D eigenvalue weighted by molar-refractivity contribution is 0.193. The zero-order chi connectivity index (χ0) is 13.5. The Balaban J connectivity index is 1.87. The van der Waals surface area contributed by atoms with E-state index in [0.29, 0.717) is 6.04 Å². The number of piperidine rings is 1. The molecule has 0 saturated carbocycles. The molecule has 1 N–H and O–H groups in total. The van der Waals surface area contributed by atoms with Gasteiger partial charge in [-0.15, -0.1) is 0 Å². The fourth-order valence-electron chi connectivity index (χ4n) is 2.63. The standard InChI is InChI=1S/C14H26N4O/c1-3-9-18(10-12-7-5-6-8-15-12)11-14-16-13(4-2)17-19-14/h12,15H,3-11H2,1-2H3. The quantitative estimate of drug-likeness (QED) is 0.818. The first-order valence-corrected chi connectivity index (χ1v) is 7.59. The van der Waals surface area contributed by atoms with E-state index in [4.69, 9.17) is 4.52 Å². The summed E-state index contributed by atoms with van der Waals surface area (Å²) in [4.78, 5) is 6.83. The Morgan fingerprint density at radius 3 is 2.89 bits per heavy atom. The van der Waals surface area contributed by atoms with Crippen molar-refractivity contribution in [1.29, 1.82) is 0 Å². The Labute approximate surface area is 115 Å². The highest BCUT2D eigenvalue weighted by molar-refractivity contribution is 4.86. The lowest BCUT2D eigenvalue weighted by atomic mass is 10.0. The third-order valence-corrected chi connectivity index (χ3v) is 3.62. The number of aromatic nitrogens is 2. The molecule has 0 aromatic carbocycles. The zero-order valence-corrected chi connectivity index (χ0v) is 12.2. The lowest BCUT2D eigenvalue weighted by Crippen LogP contribution is -2.43. The largest absolute Gasteiger partial charge is 0.338 e. The van der Waals surface area contributed by atoms with Crippen LogP contribution in [-0.4, -0.2) is 40.7 Å². The molecule has 1 fully saturated rings. The molecule has 19 heavy (non-hydrogen) atoms. The second kappa shape index (κ2) is 7.60. The Bertz CT molecular complexity index is 360. The maximum atomic E-state index is 5.30. The van der Waals surface area contributed by atoms with Gasteiger partial charge in [0, 0.05) is 19.0 Å². The van der Waals surface area contributed by atoms with E-state index in [1.165, 1.54) is 19.3 Å². The Kier molecular flexibility index (Phi) is 5.79. The van der Waals surface area contributed by atoms with Gasteiger partial charge in [0.05, 0.1) is 6.54 Å². The van der Waals surface area contributed by atoms with Crippen LogP contribution >= 0.6 is 0 Å². The molecule has 2 rings (SSSR count). The summed E-state index contributed by atoms with van der Waals surface area (Å²) in [6, 6.07) is 0.619. The highest BCUT2D eigenvalue weighted by Gasteiger charge is 2.18. The first-order valence-electron chi connectivity index (χ1n) is 7.59. The van der Waals surface area contributed by atoms with Crippen LogP contribution in [-0.2, 0) is 13.0 Å². The van der Waals surface area contributed by atoms with Gasteiger partial charge in [-0.25, -0.2) is 0 Å². The van der Waals surface area contributed by atoms with E-state index in [1.807, 2.05) is 6.92 Å². The van der Waals surface area contributed by atoms with Crippen LogP contribution in [0.1, 0.15) is 51.2 Å². The third kappa shape index (κ3) is 4.58. The summed E-state index contributed by atoms with van der Waals surface area (Å²) >= 11 is 0. The van der Waals surface area contributed by atoms with E-state index in [1.54, 1.807) is 0 Å². The Hall–Kier alpha value is -0.940. The molecule has 0 aliphatic carbocycles. The predicted octanol–water partition coefficient (Wildman–Crippen LogP) is 1.99. The molecule has 1 aliphatic rings. The molecule has 108 valence electrons. The first kappa shape index (κ1) is 14.5. The van der Waals surface area contributed by atoms with E-state index in [0.717, 1.165) is 50.7 Å². The maximum absolute atomic E-state index is 5.30. The van der Waals surface area contributed by atoms with Crippen LogP contribution in [0.5, 0.6) is 0 Å². The van der Waals surface area contributed by atoms with Crippen molar-refractivity contribution >= 4 is 0 Å². The summed E-state index contributed by atoms with van der Waals surface area (Å²) in [5.74, 6) is 1.56. The first-order chi connectivity index (χ1) is 9.31. The van der Waals surface area contributed by atoms with E-state index >= 15 is 0 Å². The van der Waals surface area contributed by atoms with Gasteiger partial charge in [-0.2, -0.15) is 4.98 Å². The SMILES string of the molecule is CCCN(Cc1nc(CC)no1)CC1CCCCN1. The molecule has 1 aromatic heterocycles. The minimum absolute atomic E-state index is 0.619. The fourth-order valence-corrected chi connectivity index (χ4v) is 2.63. The molecule has 1 unspecified atom stereocenters. The Morgan fingerprint density at radius 1 is 1.37 bits per heavy atom. The van der Waals surface area contributed by atoms with Crippen molar-refractivity contribution in [3.8, 4) is 0 Å². The van der Waals surface area contributed by atoms with Crippen molar-refractivity contribution < 1.29 is 4.52 Å². The van der Waals surface area contributed by atoms with Crippen molar-refractivity contribution in [3.05, 3.63) is 11.7 Å². The summed E-state index contributed by atoms with van der Waals surface area (Å²) in [6.45, 7) is 8.36. The molecule has 0 amide bonds. The highest BCUT2D eigenvalue weighted by atomic mass is 16.5. The number of rotatable bonds is 7. The molecule has 5 nitrogen and oxygen atoms in total. The molecule has 0 bridgehead atoms. The van der Waals surface area contributed by atoms with Gasteiger partial charge in [-0.05, 0) is 32.4 Å². The molecule has 1 aliphatic heterocycles. The van der Waals surface area contributed by atoms with Crippen LogP contribution in [0.2, 0.25) is 0 Å². The summed E-state index contributed by atoms with van der Waals surface area (Å²) < 4.78 is 5.30. The lowest BCUT2D eigenvalue weighted by Gasteiger charge is -2.29. The fraction of sp³-hybridized carbons (Fsp3) is 0.857. The highest BCUT2D eigenvalue weighted by Crippen LogP contribution is 2.11. The predicted molar refractivity (Wildman–Crippen MR) is 74.9 cm³/mol. The van der Waals surface area contributed by atoms with Gasteiger partial charge in [0.15, 0.2) is 5.82 Å². The topological polar surface area (TPSA) is 54.2 Å². The van der Waals surface area contributed by atoms with Crippen molar-refractivity contribution in [2.45, 2.75) is 58.5 Å². The molecule has 1 saturated heterocycles. The van der Waals surface area contributed by atoms with Crippen LogP contribution < -0.4 is 5.32 Å². The van der Waals surface area contributed by atoms with E-state index in [-0.39, 0.29) is 0 Å². The molecule has 0 spiro atoms. The third-order valence-electron chi connectivity index (χ3n) is 3.62. The monoisotopic (exact) mass is 266 g/mol. The van der Waals surface area contributed by atoms with Crippen molar-refractivity contribution in [3.63, 3.8) is 0 Å². The number of hydrogen-bond donors (Lipinski definition) is 1. The van der Waals surface area contributed by atoms with Gasteiger partial charge in [0.1, 0.15) is 0 Å². The van der Waals surface area contributed by atoms with Crippen LogP contribution in [0.25, 0.3) is 0 Å². The Morgan fingerprint density at radius 2 is 2.26 bits per heavy atom. The van der Waals surface area contributed by atoms with Gasteiger partial charge in [-0.1, -0.05) is 25.4 Å². The van der Waals surface area contributed by atoms with Crippen molar-refractivity contribution in [2.24, 2.45) is 0 Å². The van der Waals surface area contributed by atoms with Gasteiger partial charge in [0.25, 0.3) is 0 Å². The van der Waals surface area contributed by atoms with Crippen LogP contribution in [0.15, 0.2) is 4.52 Å². The normalized spacial score (nSPS) is 20.1. The molecular weight excluding hydrogens is 240 g/mol.